The number of thiazole rings is 1. The number of hydrogen-bond donors (Lipinski definition) is 0. The first-order chi connectivity index (χ1) is 15.0. The molecular formula is C22H29N3O5S. The lowest BCUT2D eigenvalue weighted by Crippen LogP contribution is -2.35. The fourth-order valence-corrected chi connectivity index (χ4v) is 4.08. The van der Waals surface area contributed by atoms with Crippen LogP contribution in [0.3, 0.4) is 0 Å². The third-order valence-electron chi connectivity index (χ3n) is 4.94. The van der Waals surface area contributed by atoms with Gasteiger partial charge >= 0.3 is 0 Å². The molecule has 0 saturated carbocycles. The van der Waals surface area contributed by atoms with E-state index in [0.717, 1.165) is 49.1 Å². The predicted octanol–water partition coefficient (Wildman–Crippen LogP) is 2.67. The van der Waals surface area contributed by atoms with E-state index in [9.17, 15) is 4.79 Å². The molecule has 1 aromatic carbocycles. The summed E-state index contributed by atoms with van der Waals surface area (Å²) in [4.78, 5) is 21.2. The van der Waals surface area contributed by atoms with E-state index in [2.05, 4.69) is 9.88 Å². The monoisotopic (exact) mass is 447 g/mol. The third kappa shape index (κ3) is 6.19. The Morgan fingerprint density at radius 1 is 1.19 bits per heavy atom. The van der Waals surface area contributed by atoms with Gasteiger partial charge in [0.2, 0.25) is 11.7 Å². The molecule has 0 atom stereocenters. The van der Waals surface area contributed by atoms with Crippen LogP contribution in [-0.4, -0.2) is 75.4 Å². The maximum atomic E-state index is 12.6. The Hall–Kier alpha value is -2.62. The molecule has 0 radical (unpaired) electrons. The van der Waals surface area contributed by atoms with Crippen LogP contribution in [0.5, 0.6) is 17.2 Å². The number of ether oxygens (including phenoxy) is 4. The fraction of sp³-hybridized carbons (Fsp3) is 0.455. The maximum Gasteiger partial charge on any atom is 0.246 e. The van der Waals surface area contributed by atoms with Crippen LogP contribution in [0.1, 0.15) is 16.3 Å². The summed E-state index contributed by atoms with van der Waals surface area (Å²) in [7, 11) is 6.44. The molecule has 3 rings (SSSR count). The van der Waals surface area contributed by atoms with E-state index in [1.54, 1.807) is 62.8 Å². The lowest BCUT2D eigenvalue weighted by Gasteiger charge is -2.25. The standard InChI is InChI=1S/C22H29N3O5S/c1-24(13-17-15-31-20(23-17)14-25-7-9-30-10-8-25)21(26)6-5-16-11-18(27-2)22(29-4)19(12-16)28-3/h5-6,11-12,15H,7-10,13-14H2,1-4H3/b6-5+. The summed E-state index contributed by atoms with van der Waals surface area (Å²) in [5, 5.41) is 3.08. The topological polar surface area (TPSA) is 73.4 Å². The van der Waals surface area contributed by atoms with Crippen LogP contribution in [0, 0.1) is 0 Å². The highest BCUT2D eigenvalue weighted by Crippen LogP contribution is 2.38. The minimum atomic E-state index is -0.114. The maximum absolute atomic E-state index is 12.6. The first kappa shape index (κ1) is 23.1. The molecule has 0 aliphatic carbocycles. The Kier molecular flexibility index (Phi) is 8.27. The number of hydrogen-bond acceptors (Lipinski definition) is 8. The first-order valence-corrected chi connectivity index (χ1v) is 10.9. The molecule has 0 unspecified atom stereocenters. The molecular weight excluding hydrogens is 418 g/mol. The van der Waals surface area contributed by atoms with Gasteiger partial charge in [0.1, 0.15) is 5.01 Å². The summed E-state index contributed by atoms with van der Waals surface area (Å²) < 4.78 is 21.4. The summed E-state index contributed by atoms with van der Waals surface area (Å²) in [6, 6.07) is 3.59. The van der Waals surface area contributed by atoms with E-state index < -0.39 is 0 Å². The van der Waals surface area contributed by atoms with E-state index in [1.807, 2.05) is 5.38 Å². The molecule has 31 heavy (non-hydrogen) atoms. The highest BCUT2D eigenvalue weighted by atomic mass is 32.1. The van der Waals surface area contributed by atoms with Gasteiger partial charge in [-0.05, 0) is 23.8 Å². The summed E-state index contributed by atoms with van der Waals surface area (Å²) in [5.41, 5.74) is 1.67. The van der Waals surface area contributed by atoms with Gasteiger partial charge in [0.25, 0.3) is 0 Å². The van der Waals surface area contributed by atoms with Crippen molar-refractivity contribution in [1.29, 1.82) is 0 Å². The minimum Gasteiger partial charge on any atom is -0.493 e. The van der Waals surface area contributed by atoms with Crippen LogP contribution in [0.25, 0.3) is 6.08 Å². The van der Waals surface area contributed by atoms with Gasteiger partial charge < -0.3 is 23.8 Å². The second kappa shape index (κ2) is 11.1. The van der Waals surface area contributed by atoms with Gasteiger partial charge in [0.05, 0.1) is 53.3 Å². The molecule has 8 nitrogen and oxygen atoms in total. The van der Waals surface area contributed by atoms with Gasteiger partial charge in [-0.2, -0.15) is 0 Å². The molecule has 1 amide bonds. The van der Waals surface area contributed by atoms with Crippen LogP contribution in [-0.2, 0) is 22.6 Å². The lowest BCUT2D eigenvalue weighted by atomic mass is 10.1. The van der Waals surface area contributed by atoms with Crippen molar-refractivity contribution in [3.8, 4) is 17.2 Å². The molecule has 2 heterocycles. The van der Waals surface area contributed by atoms with Crippen molar-refractivity contribution in [2.24, 2.45) is 0 Å². The molecule has 1 aromatic heterocycles. The summed E-state index contributed by atoms with van der Waals surface area (Å²) in [5.74, 6) is 1.48. The van der Waals surface area contributed by atoms with E-state index in [1.165, 1.54) is 6.08 Å². The van der Waals surface area contributed by atoms with E-state index in [4.69, 9.17) is 18.9 Å². The van der Waals surface area contributed by atoms with Crippen molar-refractivity contribution in [1.82, 2.24) is 14.8 Å². The van der Waals surface area contributed by atoms with Crippen LogP contribution >= 0.6 is 11.3 Å². The van der Waals surface area contributed by atoms with E-state index in [-0.39, 0.29) is 5.91 Å². The van der Waals surface area contributed by atoms with Crippen molar-refractivity contribution in [2.75, 3.05) is 54.7 Å². The first-order valence-electron chi connectivity index (χ1n) is 10.0. The molecule has 1 fully saturated rings. The molecule has 1 aliphatic heterocycles. The van der Waals surface area contributed by atoms with Crippen LogP contribution < -0.4 is 14.2 Å². The third-order valence-corrected chi connectivity index (χ3v) is 5.83. The highest BCUT2D eigenvalue weighted by molar-refractivity contribution is 7.09. The summed E-state index contributed by atoms with van der Waals surface area (Å²) in [6.45, 7) is 4.68. The Morgan fingerprint density at radius 3 is 2.48 bits per heavy atom. The van der Waals surface area contributed by atoms with Crippen molar-refractivity contribution in [3.05, 3.63) is 39.9 Å². The largest absolute Gasteiger partial charge is 0.493 e. The second-order valence-corrected chi connectivity index (χ2v) is 8.05. The Labute approximate surface area is 187 Å². The molecule has 2 aromatic rings. The quantitative estimate of drug-likeness (QED) is 0.547. The van der Waals surface area contributed by atoms with Gasteiger partial charge in [-0.15, -0.1) is 11.3 Å². The Morgan fingerprint density at radius 2 is 1.87 bits per heavy atom. The molecule has 0 spiro atoms. The average Bonchev–Trinajstić information content (AvgIpc) is 3.23. The van der Waals surface area contributed by atoms with E-state index >= 15 is 0 Å². The molecule has 0 N–H and O–H groups in total. The number of nitrogens with zero attached hydrogens (tertiary/aromatic N) is 3. The smallest absolute Gasteiger partial charge is 0.246 e. The van der Waals surface area contributed by atoms with E-state index in [0.29, 0.717) is 23.8 Å². The SMILES string of the molecule is COc1cc(/C=C/C(=O)N(C)Cc2csc(CN3CCOCC3)n2)cc(OC)c1OC. The molecule has 1 saturated heterocycles. The highest BCUT2D eigenvalue weighted by Gasteiger charge is 2.15. The number of morpholine rings is 1. The minimum absolute atomic E-state index is 0.114. The number of aromatic nitrogens is 1. The van der Waals surface area contributed by atoms with Crippen molar-refractivity contribution in [2.45, 2.75) is 13.1 Å². The number of rotatable bonds is 9. The number of methoxy groups -OCH3 is 3. The zero-order valence-corrected chi connectivity index (χ0v) is 19.2. The number of carbonyl (C=O) groups is 1. The van der Waals surface area contributed by atoms with Gasteiger partial charge in [0, 0.05) is 31.6 Å². The lowest BCUT2D eigenvalue weighted by molar-refractivity contribution is -0.125. The number of amides is 1. The van der Waals surface area contributed by atoms with Crippen molar-refractivity contribution < 1.29 is 23.7 Å². The number of carbonyl (C=O) groups excluding carboxylic acids is 1. The predicted molar refractivity (Wildman–Crippen MR) is 120 cm³/mol. The Bertz CT molecular complexity index is 883. The zero-order chi connectivity index (χ0) is 22.2. The Balaban J connectivity index is 1.60. The zero-order valence-electron chi connectivity index (χ0n) is 18.4. The fourth-order valence-electron chi connectivity index (χ4n) is 3.26. The molecule has 9 heteroatoms. The van der Waals surface area contributed by atoms with Crippen LogP contribution in [0.2, 0.25) is 0 Å². The van der Waals surface area contributed by atoms with Crippen LogP contribution in [0.15, 0.2) is 23.6 Å². The molecule has 0 bridgehead atoms. The summed E-state index contributed by atoms with van der Waals surface area (Å²) >= 11 is 1.63. The van der Waals surface area contributed by atoms with Gasteiger partial charge in [-0.1, -0.05) is 0 Å². The van der Waals surface area contributed by atoms with Crippen LogP contribution in [0.4, 0.5) is 0 Å². The summed E-state index contributed by atoms with van der Waals surface area (Å²) in [6.07, 6.45) is 3.26. The molecule has 168 valence electrons. The number of benzene rings is 1. The molecule has 1 aliphatic rings. The number of likely N-dealkylation sites (N-methyl/N-ethyl adjacent to an activating group) is 1. The average molecular weight is 448 g/mol. The second-order valence-electron chi connectivity index (χ2n) is 7.11. The van der Waals surface area contributed by atoms with Crippen molar-refractivity contribution in [3.63, 3.8) is 0 Å². The van der Waals surface area contributed by atoms with Crippen molar-refractivity contribution >= 4 is 23.3 Å². The normalized spacial score (nSPS) is 14.6. The van der Waals surface area contributed by atoms with Gasteiger partial charge in [-0.25, -0.2) is 4.98 Å². The van der Waals surface area contributed by atoms with Gasteiger partial charge in [-0.3, -0.25) is 9.69 Å². The van der Waals surface area contributed by atoms with Gasteiger partial charge in [0.15, 0.2) is 11.5 Å².